The fraction of sp³-hybridized carbons (Fsp3) is 0.435. The summed E-state index contributed by atoms with van der Waals surface area (Å²) in [7, 11) is 1.86. The quantitative estimate of drug-likeness (QED) is 0.685. The van der Waals surface area contributed by atoms with Crippen LogP contribution >= 0.6 is 0 Å². The molecule has 2 aromatic heterocycles. The van der Waals surface area contributed by atoms with E-state index < -0.39 is 0 Å². The second kappa shape index (κ2) is 8.45. The van der Waals surface area contributed by atoms with Gasteiger partial charge in [-0.25, -0.2) is 0 Å². The van der Waals surface area contributed by atoms with Crippen molar-refractivity contribution in [2.75, 3.05) is 37.6 Å². The fourth-order valence-corrected chi connectivity index (χ4v) is 4.14. The predicted molar refractivity (Wildman–Crippen MR) is 119 cm³/mol. The minimum atomic E-state index is -0.0673. The van der Waals surface area contributed by atoms with E-state index in [4.69, 9.17) is 9.40 Å². The summed E-state index contributed by atoms with van der Waals surface area (Å²) >= 11 is 0. The maximum Gasteiger partial charge on any atom is 0.298 e. The van der Waals surface area contributed by atoms with Gasteiger partial charge in [0.1, 0.15) is 11.2 Å². The Morgan fingerprint density at radius 3 is 2.65 bits per heavy atom. The van der Waals surface area contributed by atoms with Crippen molar-refractivity contribution < 1.29 is 14.0 Å². The van der Waals surface area contributed by atoms with Crippen LogP contribution in [0, 0.1) is 20.8 Å². The number of hydrogen-bond acceptors (Lipinski definition) is 5. The van der Waals surface area contributed by atoms with Gasteiger partial charge >= 0.3 is 0 Å². The Balaban J connectivity index is 1.61. The zero-order chi connectivity index (χ0) is 22.1. The lowest BCUT2D eigenvalue weighted by Gasteiger charge is -2.29. The van der Waals surface area contributed by atoms with E-state index in [-0.39, 0.29) is 18.2 Å². The van der Waals surface area contributed by atoms with Gasteiger partial charge in [-0.2, -0.15) is 4.98 Å². The van der Waals surface area contributed by atoms with Crippen molar-refractivity contribution in [3.63, 3.8) is 0 Å². The summed E-state index contributed by atoms with van der Waals surface area (Å²) in [4.78, 5) is 33.9. The fourth-order valence-electron chi connectivity index (χ4n) is 4.14. The lowest BCUT2D eigenvalue weighted by atomic mass is 10.1. The minimum absolute atomic E-state index is 0.0627. The number of benzene rings is 1. The second-order valence-corrected chi connectivity index (χ2v) is 8.26. The highest BCUT2D eigenvalue weighted by atomic mass is 16.4. The first-order valence-corrected chi connectivity index (χ1v) is 10.6. The maximum atomic E-state index is 13.3. The highest BCUT2D eigenvalue weighted by Gasteiger charge is 2.24. The van der Waals surface area contributed by atoms with Gasteiger partial charge in [-0.3, -0.25) is 9.59 Å². The van der Waals surface area contributed by atoms with Gasteiger partial charge in [0.15, 0.2) is 5.58 Å². The Hall–Kier alpha value is -3.29. The van der Waals surface area contributed by atoms with Crippen LogP contribution in [0.2, 0.25) is 0 Å². The number of rotatable bonds is 2. The van der Waals surface area contributed by atoms with E-state index in [2.05, 4.69) is 11.4 Å². The van der Waals surface area contributed by atoms with Crippen LogP contribution in [0.5, 0.6) is 0 Å². The molecule has 0 unspecified atom stereocenters. The van der Waals surface area contributed by atoms with Gasteiger partial charge in [0, 0.05) is 52.4 Å². The van der Waals surface area contributed by atoms with Crippen molar-refractivity contribution in [3.05, 3.63) is 46.8 Å². The normalized spacial score (nSPS) is 15.9. The van der Waals surface area contributed by atoms with E-state index in [9.17, 15) is 9.59 Å². The molecule has 8 nitrogen and oxygen atoms in total. The minimum Gasteiger partial charge on any atom is -0.423 e. The number of aromatic nitrogens is 2. The van der Waals surface area contributed by atoms with E-state index in [1.54, 1.807) is 4.90 Å². The van der Waals surface area contributed by atoms with Crippen LogP contribution in [0.25, 0.3) is 11.1 Å². The number of amides is 2. The zero-order valence-electron chi connectivity index (χ0n) is 18.6. The third kappa shape index (κ3) is 4.28. The van der Waals surface area contributed by atoms with E-state index in [1.807, 2.05) is 55.6 Å². The van der Waals surface area contributed by atoms with E-state index in [0.717, 1.165) is 27.8 Å². The Morgan fingerprint density at radius 2 is 1.90 bits per heavy atom. The summed E-state index contributed by atoms with van der Waals surface area (Å²) in [6.07, 6.45) is 2.17. The summed E-state index contributed by atoms with van der Waals surface area (Å²) in [5.41, 5.74) is 5.34. The average Bonchev–Trinajstić information content (AvgIpc) is 3.29. The average molecular weight is 424 g/mol. The van der Waals surface area contributed by atoms with Crippen LogP contribution in [0.4, 0.5) is 6.01 Å². The SMILES string of the molecule is Cc1cc(C)c2oc(N3CCNC(=O)CCN(C(=O)c4c(C)ccn4C)CC3)nc2c1. The zero-order valence-corrected chi connectivity index (χ0v) is 18.6. The number of aryl methyl sites for hydroxylation is 4. The highest BCUT2D eigenvalue weighted by molar-refractivity contribution is 5.94. The van der Waals surface area contributed by atoms with Crippen molar-refractivity contribution >= 4 is 28.9 Å². The number of nitrogens with one attached hydrogen (secondary N) is 1. The molecule has 1 saturated heterocycles. The van der Waals surface area contributed by atoms with Gasteiger partial charge in [0.2, 0.25) is 5.91 Å². The molecule has 0 aliphatic carbocycles. The first-order chi connectivity index (χ1) is 14.8. The molecule has 0 saturated carbocycles. The van der Waals surface area contributed by atoms with Gasteiger partial charge in [-0.1, -0.05) is 6.07 Å². The van der Waals surface area contributed by atoms with Gasteiger partial charge in [-0.05, 0) is 49.6 Å². The molecular weight excluding hydrogens is 394 g/mol. The Morgan fingerprint density at radius 1 is 1.10 bits per heavy atom. The molecule has 0 bridgehead atoms. The van der Waals surface area contributed by atoms with Crippen LogP contribution < -0.4 is 10.2 Å². The van der Waals surface area contributed by atoms with Crippen LogP contribution in [-0.2, 0) is 11.8 Å². The maximum absolute atomic E-state index is 13.3. The Kier molecular flexibility index (Phi) is 5.71. The molecule has 8 heteroatoms. The van der Waals surface area contributed by atoms with Crippen molar-refractivity contribution in [2.24, 2.45) is 7.05 Å². The lowest BCUT2D eigenvalue weighted by Crippen LogP contribution is -2.45. The van der Waals surface area contributed by atoms with E-state index in [0.29, 0.717) is 44.4 Å². The molecule has 0 spiro atoms. The number of oxazole rings is 1. The van der Waals surface area contributed by atoms with Crippen LogP contribution in [-0.4, -0.2) is 59.0 Å². The first-order valence-electron chi connectivity index (χ1n) is 10.6. The van der Waals surface area contributed by atoms with E-state index in [1.165, 1.54) is 0 Å². The lowest BCUT2D eigenvalue weighted by molar-refractivity contribution is -0.121. The third-order valence-corrected chi connectivity index (χ3v) is 5.80. The largest absolute Gasteiger partial charge is 0.423 e. The van der Waals surface area contributed by atoms with Gasteiger partial charge in [0.05, 0.1) is 0 Å². The van der Waals surface area contributed by atoms with Gasteiger partial charge in [0.25, 0.3) is 11.9 Å². The Labute approximate surface area is 181 Å². The molecule has 4 rings (SSSR count). The summed E-state index contributed by atoms with van der Waals surface area (Å²) in [6.45, 7) is 8.45. The molecule has 164 valence electrons. The van der Waals surface area contributed by atoms with Gasteiger partial charge in [-0.15, -0.1) is 0 Å². The monoisotopic (exact) mass is 423 g/mol. The summed E-state index contributed by atoms with van der Waals surface area (Å²) in [5, 5.41) is 2.93. The molecule has 1 aromatic carbocycles. The van der Waals surface area contributed by atoms with Crippen LogP contribution in [0.3, 0.4) is 0 Å². The first kappa shape index (κ1) is 21.0. The molecule has 1 N–H and O–H groups in total. The summed E-state index contributed by atoms with van der Waals surface area (Å²) < 4.78 is 7.92. The highest BCUT2D eigenvalue weighted by Crippen LogP contribution is 2.26. The molecule has 1 fully saturated rings. The molecule has 3 aromatic rings. The van der Waals surface area contributed by atoms with Crippen molar-refractivity contribution in [1.82, 2.24) is 19.8 Å². The molecule has 3 heterocycles. The van der Waals surface area contributed by atoms with Gasteiger partial charge < -0.3 is 24.1 Å². The smallest absolute Gasteiger partial charge is 0.298 e. The molecule has 0 radical (unpaired) electrons. The molecule has 0 atom stereocenters. The number of nitrogens with zero attached hydrogens (tertiary/aromatic N) is 4. The number of carbonyl (C=O) groups excluding carboxylic acids is 2. The number of hydrogen-bond donors (Lipinski definition) is 1. The summed E-state index contributed by atoms with van der Waals surface area (Å²) in [6, 6.07) is 6.52. The molecule has 2 amide bonds. The molecule has 1 aliphatic rings. The third-order valence-electron chi connectivity index (χ3n) is 5.80. The number of fused-ring (bicyclic) bond motifs is 1. The summed E-state index contributed by atoms with van der Waals surface area (Å²) in [5.74, 6) is -0.130. The Bertz CT molecular complexity index is 1110. The standard InChI is InChI=1S/C23H29N5O3/c1-15-13-17(3)21-18(14-15)25-23(31-21)28-10-7-24-19(29)6-9-27(11-12-28)22(30)20-16(2)5-8-26(20)4/h5,8,13-14H,6-7,9-12H2,1-4H3,(H,24,29). The van der Waals surface area contributed by atoms with Crippen LogP contribution in [0.1, 0.15) is 33.6 Å². The van der Waals surface area contributed by atoms with Crippen molar-refractivity contribution in [2.45, 2.75) is 27.2 Å². The topological polar surface area (TPSA) is 83.6 Å². The molecule has 31 heavy (non-hydrogen) atoms. The molecule has 1 aliphatic heterocycles. The number of carbonyl (C=O) groups is 2. The van der Waals surface area contributed by atoms with Crippen molar-refractivity contribution in [1.29, 1.82) is 0 Å². The molecular formula is C23H29N5O3. The predicted octanol–water partition coefficient (Wildman–Crippen LogP) is 2.56. The van der Waals surface area contributed by atoms with E-state index >= 15 is 0 Å². The van der Waals surface area contributed by atoms with Crippen molar-refractivity contribution in [3.8, 4) is 0 Å². The second-order valence-electron chi connectivity index (χ2n) is 8.26. The number of anilines is 1. The van der Waals surface area contributed by atoms with Crippen LogP contribution in [0.15, 0.2) is 28.8 Å².